The molecule has 1 aliphatic rings. The molecule has 1 aliphatic heterocycles. The monoisotopic (exact) mass is 271 g/mol. The van der Waals surface area contributed by atoms with Crippen molar-refractivity contribution in [2.45, 2.75) is 26.4 Å². The third-order valence-electron chi connectivity index (χ3n) is 3.76. The molecule has 0 unspecified atom stereocenters. The summed E-state index contributed by atoms with van der Waals surface area (Å²) in [6.07, 6.45) is 2.69. The molecular weight excluding hydrogens is 254 g/mol. The maximum absolute atomic E-state index is 11.4. The van der Waals surface area contributed by atoms with Crippen molar-refractivity contribution in [1.82, 2.24) is 9.78 Å². The number of fused-ring (bicyclic) bond motifs is 1. The molecule has 0 radical (unpaired) electrons. The van der Waals surface area contributed by atoms with Crippen molar-refractivity contribution in [3.05, 3.63) is 47.3 Å². The lowest BCUT2D eigenvalue weighted by Gasteiger charge is -2.19. The van der Waals surface area contributed by atoms with E-state index in [2.05, 4.69) is 22.1 Å². The van der Waals surface area contributed by atoms with Gasteiger partial charge in [0.2, 0.25) is 0 Å². The summed E-state index contributed by atoms with van der Waals surface area (Å²) in [7, 11) is 0. The van der Waals surface area contributed by atoms with Crippen LogP contribution in [0.4, 0.5) is 5.69 Å². The quantitative estimate of drug-likeness (QED) is 0.925. The van der Waals surface area contributed by atoms with E-state index in [0.29, 0.717) is 18.8 Å². The van der Waals surface area contributed by atoms with Crippen molar-refractivity contribution in [2.24, 2.45) is 0 Å². The average molecular weight is 271 g/mol. The fraction of sp³-hybridized carbons (Fsp3) is 0.333. The van der Waals surface area contributed by atoms with Gasteiger partial charge in [-0.15, -0.1) is 0 Å². The molecular formula is C15H17N3O2. The van der Waals surface area contributed by atoms with Gasteiger partial charge >= 0.3 is 5.97 Å². The van der Waals surface area contributed by atoms with Crippen molar-refractivity contribution in [3.8, 4) is 0 Å². The average Bonchev–Trinajstić information content (AvgIpc) is 3.04. The molecule has 0 saturated carbocycles. The van der Waals surface area contributed by atoms with Crippen LogP contribution in [-0.4, -0.2) is 27.4 Å². The normalized spacial score (nSPS) is 13.6. The third-order valence-corrected chi connectivity index (χ3v) is 3.76. The summed E-state index contributed by atoms with van der Waals surface area (Å²) in [5.74, 6) is -0.910. The SMILES string of the molecule is CCn1ncc(CN2CCc3ccccc32)c1C(=O)O. The third kappa shape index (κ3) is 2.05. The smallest absolute Gasteiger partial charge is 0.354 e. The van der Waals surface area contributed by atoms with E-state index in [1.165, 1.54) is 11.3 Å². The van der Waals surface area contributed by atoms with Crippen molar-refractivity contribution in [3.63, 3.8) is 0 Å². The Morgan fingerprint density at radius 1 is 1.40 bits per heavy atom. The molecule has 20 heavy (non-hydrogen) atoms. The van der Waals surface area contributed by atoms with Crippen molar-refractivity contribution in [1.29, 1.82) is 0 Å². The molecule has 2 heterocycles. The zero-order valence-corrected chi connectivity index (χ0v) is 11.4. The van der Waals surface area contributed by atoms with Crippen LogP contribution in [0.5, 0.6) is 0 Å². The Kier molecular flexibility index (Phi) is 3.18. The second-order valence-electron chi connectivity index (χ2n) is 4.94. The molecule has 104 valence electrons. The number of carboxylic acids is 1. The summed E-state index contributed by atoms with van der Waals surface area (Å²) < 4.78 is 1.54. The van der Waals surface area contributed by atoms with E-state index in [-0.39, 0.29) is 0 Å². The van der Waals surface area contributed by atoms with E-state index in [9.17, 15) is 9.90 Å². The lowest BCUT2D eigenvalue weighted by Crippen LogP contribution is -2.21. The minimum atomic E-state index is -0.910. The molecule has 3 rings (SSSR count). The Morgan fingerprint density at radius 3 is 2.95 bits per heavy atom. The number of hydrogen-bond acceptors (Lipinski definition) is 3. The van der Waals surface area contributed by atoms with Crippen LogP contribution in [0, 0.1) is 0 Å². The van der Waals surface area contributed by atoms with Crippen LogP contribution in [0.2, 0.25) is 0 Å². The van der Waals surface area contributed by atoms with Crippen molar-refractivity contribution < 1.29 is 9.90 Å². The summed E-state index contributed by atoms with van der Waals surface area (Å²) in [4.78, 5) is 13.6. The van der Waals surface area contributed by atoms with E-state index in [1.54, 1.807) is 10.9 Å². The van der Waals surface area contributed by atoms with Gasteiger partial charge in [0, 0.05) is 30.9 Å². The molecule has 0 bridgehead atoms. The van der Waals surface area contributed by atoms with E-state index in [0.717, 1.165) is 18.5 Å². The first kappa shape index (κ1) is 12.7. The molecule has 1 aromatic carbocycles. The van der Waals surface area contributed by atoms with E-state index in [4.69, 9.17) is 0 Å². The first-order chi connectivity index (χ1) is 9.70. The van der Waals surface area contributed by atoms with Crippen LogP contribution in [0.1, 0.15) is 28.5 Å². The van der Waals surface area contributed by atoms with Crippen molar-refractivity contribution in [2.75, 3.05) is 11.4 Å². The van der Waals surface area contributed by atoms with Crippen LogP contribution in [0.25, 0.3) is 0 Å². The molecule has 0 atom stereocenters. The highest BCUT2D eigenvalue weighted by atomic mass is 16.4. The van der Waals surface area contributed by atoms with E-state index < -0.39 is 5.97 Å². The van der Waals surface area contributed by atoms with Crippen LogP contribution < -0.4 is 4.90 Å². The van der Waals surface area contributed by atoms with Gasteiger partial charge in [-0.3, -0.25) is 4.68 Å². The molecule has 0 amide bonds. The Morgan fingerprint density at radius 2 is 2.20 bits per heavy atom. The number of carbonyl (C=O) groups is 1. The summed E-state index contributed by atoms with van der Waals surface area (Å²) in [6.45, 7) is 3.99. The second-order valence-corrected chi connectivity index (χ2v) is 4.94. The zero-order valence-electron chi connectivity index (χ0n) is 11.4. The predicted molar refractivity (Wildman–Crippen MR) is 76.1 cm³/mol. The van der Waals surface area contributed by atoms with Gasteiger partial charge in [0.25, 0.3) is 0 Å². The largest absolute Gasteiger partial charge is 0.477 e. The molecule has 1 N–H and O–H groups in total. The van der Waals surface area contributed by atoms with Crippen molar-refractivity contribution >= 4 is 11.7 Å². The highest BCUT2D eigenvalue weighted by molar-refractivity contribution is 5.87. The van der Waals surface area contributed by atoms with Gasteiger partial charge in [-0.25, -0.2) is 4.79 Å². The molecule has 5 nitrogen and oxygen atoms in total. The number of benzene rings is 1. The number of anilines is 1. The molecule has 5 heteroatoms. The predicted octanol–water partition coefficient (Wildman–Crippen LogP) is 2.16. The Bertz CT molecular complexity index is 648. The number of aromatic nitrogens is 2. The summed E-state index contributed by atoms with van der Waals surface area (Å²) in [6, 6.07) is 8.28. The minimum absolute atomic E-state index is 0.303. The molecule has 2 aromatic rings. The number of rotatable bonds is 4. The van der Waals surface area contributed by atoms with Gasteiger partial charge in [-0.05, 0) is 25.0 Å². The van der Waals surface area contributed by atoms with Gasteiger partial charge in [0.15, 0.2) is 5.69 Å². The Balaban J connectivity index is 1.90. The lowest BCUT2D eigenvalue weighted by molar-refractivity contribution is 0.0682. The van der Waals surface area contributed by atoms with Crippen LogP contribution in [0.3, 0.4) is 0 Å². The lowest BCUT2D eigenvalue weighted by atomic mass is 10.2. The number of aromatic carboxylic acids is 1. The minimum Gasteiger partial charge on any atom is -0.477 e. The summed E-state index contributed by atoms with van der Waals surface area (Å²) in [5, 5.41) is 13.5. The van der Waals surface area contributed by atoms with Crippen LogP contribution in [0.15, 0.2) is 30.5 Å². The Labute approximate surface area is 117 Å². The van der Waals surface area contributed by atoms with Gasteiger partial charge in [-0.2, -0.15) is 5.10 Å². The number of carboxylic acid groups (broad SMARTS) is 1. The standard InChI is InChI=1S/C15H17N3O2/c1-2-18-14(15(19)20)12(9-16-18)10-17-8-7-11-5-3-4-6-13(11)17/h3-6,9H,2,7-8,10H2,1H3,(H,19,20). The molecule has 0 aliphatic carbocycles. The number of para-hydroxylation sites is 1. The van der Waals surface area contributed by atoms with Crippen LogP contribution in [-0.2, 0) is 19.5 Å². The fourth-order valence-corrected chi connectivity index (χ4v) is 2.80. The van der Waals surface area contributed by atoms with Gasteiger partial charge in [-0.1, -0.05) is 18.2 Å². The first-order valence-electron chi connectivity index (χ1n) is 6.81. The fourth-order valence-electron chi connectivity index (χ4n) is 2.80. The Hall–Kier alpha value is -2.30. The molecule has 0 saturated heterocycles. The molecule has 1 aromatic heterocycles. The highest BCUT2D eigenvalue weighted by Crippen LogP contribution is 2.29. The second kappa shape index (κ2) is 5.00. The zero-order chi connectivity index (χ0) is 14.1. The van der Waals surface area contributed by atoms with Gasteiger partial charge in [0.05, 0.1) is 6.20 Å². The summed E-state index contributed by atoms with van der Waals surface area (Å²) in [5.41, 5.74) is 3.60. The maximum atomic E-state index is 11.4. The number of aryl methyl sites for hydroxylation is 1. The molecule has 0 fully saturated rings. The summed E-state index contributed by atoms with van der Waals surface area (Å²) >= 11 is 0. The van der Waals surface area contributed by atoms with E-state index in [1.807, 2.05) is 19.1 Å². The molecule has 0 spiro atoms. The number of hydrogen-bond donors (Lipinski definition) is 1. The highest BCUT2D eigenvalue weighted by Gasteiger charge is 2.23. The maximum Gasteiger partial charge on any atom is 0.354 e. The topological polar surface area (TPSA) is 58.4 Å². The number of nitrogens with zero attached hydrogens (tertiary/aromatic N) is 3. The van der Waals surface area contributed by atoms with E-state index >= 15 is 0 Å². The first-order valence-corrected chi connectivity index (χ1v) is 6.81. The van der Waals surface area contributed by atoms with Crippen LogP contribution >= 0.6 is 0 Å². The van der Waals surface area contributed by atoms with Gasteiger partial charge < -0.3 is 10.0 Å². The van der Waals surface area contributed by atoms with Gasteiger partial charge in [0.1, 0.15) is 0 Å².